The summed E-state index contributed by atoms with van der Waals surface area (Å²) in [6.07, 6.45) is 1.98. The van der Waals surface area contributed by atoms with Crippen LogP contribution in [0.4, 0.5) is 4.39 Å². The predicted molar refractivity (Wildman–Crippen MR) is 118 cm³/mol. The van der Waals surface area contributed by atoms with Crippen LogP contribution in [0.5, 0.6) is 0 Å². The van der Waals surface area contributed by atoms with Crippen LogP contribution in [-0.4, -0.2) is 48.6 Å². The van der Waals surface area contributed by atoms with Gasteiger partial charge in [-0.15, -0.1) is 0 Å². The predicted octanol–water partition coefficient (Wildman–Crippen LogP) is 3.04. The highest BCUT2D eigenvalue weighted by Gasteiger charge is 2.34. The molecule has 0 aliphatic carbocycles. The van der Waals surface area contributed by atoms with Crippen LogP contribution in [0.3, 0.4) is 0 Å². The van der Waals surface area contributed by atoms with Crippen LogP contribution in [0.2, 0.25) is 0 Å². The fraction of sp³-hybridized carbons (Fsp3) is 0.318. The third kappa shape index (κ3) is 4.99. The van der Waals surface area contributed by atoms with Crippen LogP contribution < -0.4 is 10.6 Å². The van der Waals surface area contributed by atoms with Gasteiger partial charge >= 0.3 is 0 Å². The molecule has 0 atom stereocenters. The molecule has 1 heterocycles. The molecule has 3 rings (SSSR count). The van der Waals surface area contributed by atoms with E-state index in [1.807, 2.05) is 13.2 Å². The van der Waals surface area contributed by atoms with Gasteiger partial charge in [-0.25, -0.2) is 9.38 Å². The SMILES string of the molecule is CCNC(=NCc1ccc(F)cc1CSC)NCCN1C(=O)c2ccccc2C1=O. The second kappa shape index (κ2) is 10.2. The highest BCUT2D eigenvalue weighted by atomic mass is 32.2. The Hall–Kier alpha value is -2.87. The third-order valence-corrected chi connectivity index (χ3v) is 5.33. The van der Waals surface area contributed by atoms with E-state index in [2.05, 4.69) is 15.6 Å². The highest BCUT2D eigenvalue weighted by Crippen LogP contribution is 2.21. The molecule has 0 fully saturated rings. The lowest BCUT2D eigenvalue weighted by Crippen LogP contribution is -2.43. The van der Waals surface area contributed by atoms with Crippen molar-refractivity contribution < 1.29 is 14.0 Å². The van der Waals surface area contributed by atoms with Gasteiger partial charge in [0.25, 0.3) is 11.8 Å². The average Bonchev–Trinajstić information content (AvgIpc) is 2.98. The summed E-state index contributed by atoms with van der Waals surface area (Å²) < 4.78 is 13.5. The molecule has 0 aromatic heterocycles. The maximum atomic E-state index is 13.5. The summed E-state index contributed by atoms with van der Waals surface area (Å²) in [5, 5.41) is 6.31. The smallest absolute Gasteiger partial charge is 0.261 e. The molecule has 0 radical (unpaired) electrons. The lowest BCUT2D eigenvalue weighted by atomic mass is 10.1. The Bertz CT molecular complexity index is 929. The number of rotatable bonds is 8. The molecule has 0 unspecified atom stereocenters. The van der Waals surface area contributed by atoms with Crippen LogP contribution >= 0.6 is 11.8 Å². The van der Waals surface area contributed by atoms with Gasteiger partial charge in [0.1, 0.15) is 5.82 Å². The molecule has 1 aliphatic heterocycles. The summed E-state index contributed by atoms with van der Waals surface area (Å²) in [7, 11) is 0. The van der Waals surface area contributed by atoms with E-state index in [0.717, 1.165) is 11.1 Å². The van der Waals surface area contributed by atoms with Crippen LogP contribution in [0.1, 0.15) is 38.8 Å². The second-order valence-electron chi connectivity index (χ2n) is 6.78. The van der Waals surface area contributed by atoms with Gasteiger partial charge in [-0.3, -0.25) is 14.5 Å². The van der Waals surface area contributed by atoms with Crippen molar-refractivity contribution in [1.82, 2.24) is 15.5 Å². The summed E-state index contributed by atoms with van der Waals surface area (Å²) in [6, 6.07) is 11.6. The van der Waals surface area contributed by atoms with Crippen LogP contribution in [0, 0.1) is 5.82 Å². The highest BCUT2D eigenvalue weighted by molar-refractivity contribution is 7.97. The van der Waals surface area contributed by atoms with E-state index in [1.54, 1.807) is 48.2 Å². The minimum absolute atomic E-state index is 0.241. The summed E-state index contributed by atoms with van der Waals surface area (Å²) >= 11 is 1.63. The van der Waals surface area contributed by atoms with E-state index in [9.17, 15) is 14.0 Å². The van der Waals surface area contributed by atoms with Gasteiger partial charge < -0.3 is 10.6 Å². The van der Waals surface area contributed by atoms with Crippen LogP contribution in [0.15, 0.2) is 47.5 Å². The van der Waals surface area contributed by atoms with Gasteiger partial charge in [0.15, 0.2) is 5.96 Å². The number of hydrogen-bond acceptors (Lipinski definition) is 4. The number of carbonyl (C=O) groups is 2. The third-order valence-electron chi connectivity index (χ3n) is 4.73. The van der Waals surface area contributed by atoms with Gasteiger partial charge in [0.2, 0.25) is 0 Å². The molecule has 2 aromatic rings. The second-order valence-corrected chi connectivity index (χ2v) is 7.64. The molecule has 2 amide bonds. The van der Waals surface area contributed by atoms with Gasteiger partial charge in [-0.2, -0.15) is 11.8 Å². The number of carbonyl (C=O) groups excluding carboxylic acids is 2. The van der Waals surface area contributed by atoms with Crippen molar-refractivity contribution >= 4 is 29.5 Å². The van der Waals surface area contributed by atoms with E-state index < -0.39 is 0 Å². The molecule has 8 heteroatoms. The summed E-state index contributed by atoms with van der Waals surface area (Å²) in [5.41, 5.74) is 2.78. The molecule has 0 saturated carbocycles. The van der Waals surface area contributed by atoms with Crippen LogP contribution in [0.25, 0.3) is 0 Å². The number of halogens is 1. The lowest BCUT2D eigenvalue weighted by molar-refractivity contribution is 0.0657. The van der Waals surface area contributed by atoms with Crippen molar-refractivity contribution in [2.24, 2.45) is 4.99 Å². The Morgan fingerprint density at radius 1 is 1.07 bits per heavy atom. The molecular formula is C22H25FN4O2S. The number of fused-ring (bicyclic) bond motifs is 1. The first-order valence-corrected chi connectivity index (χ1v) is 11.2. The molecule has 2 N–H and O–H groups in total. The molecule has 0 saturated heterocycles. The number of hydrogen-bond donors (Lipinski definition) is 2. The Balaban J connectivity index is 1.62. The Labute approximate surface area is 179 Å². The van der Waals surface area contributed by atoms with Crippen molar-refractivity contribution in [1.29, 1.82) is 0 Å². The number of nitrogens with one attached hydrogen (secondary N) is 2. The minimum atomic E-state index is -0.271. The molecule has 0 spiro atoms. The topological polar surface area (TPSA) is 73.8 Å². The lowest BCUT2D eigenvalue weighted by Gasteiger charge is -2.16. The first-order chi connectivity index (χ1) is 14.5. The maximum absolute atomic E-state index is 13.5. The number of benzene rings is 2. The normalized spacial score (nSPS) is 13.6. The fourth-order valence-electron chi connectivity index (χ4n) is 3.27. The van der Waals surface area contributed by atoms with Gasteiger partial charge in [-0.1, -0.05) is 18.2 Å². The summed E-state index contributed by atoms with van der Waals surface area (Å²) in [6.45, 7) is 3.64. The standard InChI is InChI=1S/C22H25FN4O2S/c1-3-24-22(26-13-15-8-9-17(23)12-16(15)14-30-2)25-10-11-27-20(28)18-6-4-5-7-19(18)21(27)29/h4-9,12H,3,10-11,13-14H2,1-2H3,(H2,24,25,26). The zero-order chi connectivity index (χ0) is 21.5. The van der Waals surface area contributed by atoms with E-state index in [0.29, 0.717) is 42.5 Å². The molecule has 30 heavy (non-hydrogen) atoms. The number of imide groups is 1. The van der Waals surface area contributed by atoms with E-state index in [4.69, 9.17) is 0 Å². The average molecular weight is 429 g/mol. The molecule has 2 aromatic carbocycles. The molecule has 1 aliphatic rings. The summed E-state index contributed by atoms with van der Waals surface area (Å²) in [5.74, 6) is 0.498. The van der Waals surface area contributed by atoms with E-state index in [-0.39, 0.29) is 24.2 Å². The molecule has 158 valence electrons. The summed E-state index contributed by atoms with van der Waals surface area (Å²) in [4.78, 5) is 30.7. The van der Waals surface area contributed by atoms with Crippen LogP contribution in [-0.2, 0) is 12.3 Å². The van der Waals surface area contributed by atoms with Gasteiger partial charge in [0, 0.05) is 25.4 Å². The number of guanidine groups is 1. The van der Waals surface area contributed by atoms with Gasteiger partial charge in [-0.05, 0) is 48.6 Å². The molecule has 0 bridgehead atoms. The Morgan fingerprint density at radius 3 is 2.40 bits per heavy atom. The van der Waals surface area contributed by atoms with E-state index in [1.165, 1.54) is 11.0 Å². The zero-order valence-corrected chi connectivity index (χ0v) is 17.9. The Kier molecular flexibility index (Phi) is 7.46. The number of aliphatic imine (C=N–C) groups is 1. The fourth-order valence-corrected chi connectivity index (χ4v) is 3.85. The van der Waals surface area contributed by atoms with Crippen molar-refractivity contribution in [2.45, 2.75) is 19.2 Å². The maximum Gasteiger partial charge on any atom is 0.261 e. The Morgan fingerprint density at radius 2 is 1.77 bits per heavy atom. The number of amides is 2. The quantitative estimate of drug-likeness (QED) is 0.384. The first kappa shape index (κ1) is 21.8. The zero-order valence-electron chi connectivity index (χ0n) is 17.1. The largest absolute Gasteiger partial charge is 0.357 e. The van der Waals surface area contributed by atoms with E-state index >= 15 is 0 Å². The van der Waals surface area contributed by atoms with Crippen molar-refractivity contribution in [3.05, 3.63) is 70.5 Å². The number of nitrogens with zero attached hydrogens (tertiary/aromatic N) is 2. The first-order valence-electron chi connectivity index (χ1n) is 9.78. The monoisotopic (exact) mass is 428 g/mol. The van der Waals surface area contributed by atoms with Gasteiger partial charge in [0.05, 0.1) is 17.7 Å². The van der Waals surface area contributed by atoms with Crippen molar-refractivity contribution in [2.75, 3.05) is 25.9 Å². The van der Waals surface area contributed by atoms with Crippen molar-refractivity contribution in [3.8, 4) is 0 Å². The van der Waals surface area contributed by atoms with Crippen molar-refractivity contribution in [3.63, 3.8) is 0 Å². The number of thioether (sulfide) groups is 1. The minimum Gasteiger partial charge on any atom is -0.357 e. The molecular weight excluding hydrogens is 403 g/mol. The molecule has 6 nitrogen and oxygen atoms in total.